The molecule has 0 radical (unpaired) electrons. The van der Waals surface area contributed by atoms with E-state index < -0.39 is 53.6 Å². The first-order valence-electron chi connectivity index (χ1n) is 14.4. The molecule has 0 aliphatic carbocycles. The van der Waals surface area contributed by atoms with E-state index in [0.29, 0.717) is 13.0 Å². The van der Waals surface area contributed by atoms with Crippen LogP contribution >= 0.6 is 22.9 Å². The van der Waals surface area contributed by atoms with Crippen molar-refractivity contribution in [3.8, 4) is 29.0 Å². The summed E-state index contributed by atoms with van der Waals surface area (Å²) in [5.74, 6) is -2.25. The lowest BCUT2D eigenvalue weighted by Gasteiger charge is -2.31. The Bertz CT molecular complexity index is 1950. The van der Waals surface area contributed by atoms with E-state index in [-0.39, 0.29) is 79.9 Å². The molecule has 0 amide bonds. The lowest BCUT2D eigenvalue weighted by molar-refractivity contribution is -0.120. The van der Waals surface area contributed by atoms with E-state index in [0.717, 1.165) is 28.7 Å². The average molecular weight is 683 g/mol. The number of hydrogen-bond donors (Lipinski definition) is 1. The van der Waals surface area contributed by atoms with Gasteiger partial charge in [-0.3, -0.25) is 4.90 Å². The van der Waals surface area contributed by atoms with Gasteiger partial charge in [0.05, 0.1) is 32.3 Å². The number of hydrogen-bond acceptors (Lipinski definition) is 9. The highest BCUT2D eigenvalue weighted by atomic mass is 35.5. The van der Waals surface area contributed by atoms with Crippen LogP contribution in [0.3, 0.4) is 0 Å². The fraction of sp³-hybridized carbons (Fsp3) is 0.433. The number of anilines is 2. The van der Waals surface area contributed by atoms with Crippen molar-refractivity contribution in [2.45, 2.75) is 50.1 Å². The Morgan fingerprint density at radius 1 is 1.26 bits per heavy atom. The number of nitrogens with two attached hydrogens (primary N) is 1. The summed E-state index contributed by atoms with van der Waals surface area (Å²) in [5, 5.41) is 9.31. The number of ether oxygens (including phenoxy) is 2. The molecule has 2 aromatic heterocycles. The van der Waals surface area contributed by atoms with Crippen molar-refractivity contribution in [2.75, 3.05) is 43.5 Å². The van der Waals surface area contributed by atoms with Crippen molar-refractivity contribution in [2.24, 2.45) is 0 Å². The second kappa shape index (κ2) is 10.9. The van der Waals surface area contributed by atoms with Gasteiger partial charge in [-0.2, -0.15) is 28.4 Å². The maximum atomic E-state index is 16.9. The fourth-order valence-electron chi connectivity index (χ4n) is 6.96. The number of nitriles is 1. The number of thiophene rings is 1. The lowest BCUT2D eigenvalue weighted by atomic mass is 9.95. The summed E-state index contributed by atoms with van der Waals surface area (Å²) in [4.78, 5) is 11.6. The summed E-state index contributed by atoms with van der Waals surface area (Å²) in [6, 6.07) is 2.93. The molecule has 0 bridgehead atoms. The van der Waals surface area contributed by atoms with Gasteiger partial charge in [-0.25, -0.2) is 13.2 Å². The zero-order valence-corrected chi connectivity index (χ0v) is 25.7. The van der Waals surface area contributed by atoms with Crippen molar-refractivity contribution in [3.05, 3.63) is 34.4 Å². The number of halogens is 7. The molecular weight excluding hydrogens is 658 g/mol. The van der Waals surface area contributed by atoms with Gasteiger partial charge >= 0.3 is 12.2 Å². The topological polar surface area (TPSA) is 101 Å². The van der Waals surface area contributed by atoms with Crippen LogP contribution in [0.1, 0.15) is 31.7 Å². The minimum Gasteiger partial charge on any atom is -0.489 e. The first-order chi connectivity index (χ1) is 21.8. The maximum absolute atomic E-state index is 16.9. The highest BCUT2D eigenvalue weighted by Crippen LogP contribution is 2.51. The highest BCUT2D eigenvalue weighted by molar-refractivity contribution is 7.23. The Kier molecular flexibility index (Phi) is 7.33. The third kappa shape index (κ3) is 4.84. The molecule has 5 heterocycles. The predicted molar refractivity (Wildman–Crippen MR) is 161 cm³/mol. The monoisotopic (exact) mass is 682 g/mol. The summed E-state index contributed by atoms with van der Waals surface area (Å²) in [5.41, 5.74) is 4.52. The van der Waals surface area contributed by atoms with Crippen LogP contribution in [0, 0.1) is 23.0 Å². The lowest BCUT2D eigenvalue weighted by Crippen LogP contribution is -2.44. The number of alkyl halides is 4. The molecule has 16 heteroatoms. The van der Waals surface area contributed by atoms with Crippen LogP contribution in [0.25, 0.3) is 32.1 Å². The van der Waals surface area contributed by atoms with E-state index in [1.807, 2.05) is 11.0 Å². The fourth-order valence-corrected chi connectivity index (χ4v) is 8.25. The van der Waals surface area contributed by atoms with Gasteiger partial charge in [-0.1, -0.05) is 17.7 Å². The second-order valence-corrected chi connectivity index (χ2v) is 13.3. The molecule has 2 aromatic carbocycles. The van der Waals surface area contributed by atoms with Crippen LogP contribution in [0.2, 0.25) is 5.02 Å². The standard InChI is InChI=1S/C30H25ClF6N6O2S/c1-13-10-44-24-20-23(22(34)19(21(24)31)15-3-4-17(33)25-18(15)16(8-38)26(39)46-25)40-28(41-27(20)43(13)11-30(35,36)37)45-12-29-5-2-6-42(29)9-14(32)7-29/h3-4,13-14H,2,5-7,9-12,39H2,1H3/t13-,14+,29-/m0/s1. The molecule has 2 N–H and O–H groups in total. The Labute approximate surface area is 267 Å². The van der Waals surface area contributed by atoms with Gasteiger partial charge in [0.25, 0.3) is 0 Å². The van der Waals surface area contributed by atoms with E-state index in [4.69, 9.17) is 26.8 Å². The molecule has 3 aliphatic rings. The number of fused-ring (bicyclic) bond motifs is 2. The van der Waals surface area contributed by atoms with Crippen molar-refractivity contribution in [1.82, 2.24) is 14.9 Å². The number of nitrogens with zero attached hydrogens (tertiary/aromatic N) is 5. The molecule has 3 atom stereocenters. The van der Waals surface area contributed by atoms with Gasteiger partial charge in [-0.05, 0) is 37.9 Å². The molecule has 242 valence electrons. The van der Waals surface area contributed by atoms with Gasteiger partial charge in [0.15, 0.2) is 11.6 Å². The van der Waals surface area contributed by atoms with E-state index >= 15 is 4.39 Å². The third-order valence-electron chi connectivity index (χ3n) is 9.00. The van der Waals surface area contributed by atoms with Crippen LogP contribution in [0.5, 0.6) is 11.8 Å². The average Bonchev–Trinajstić information content (AvgIpc) is 3.61. The van der Waals surface area contributed by atoms with Crippen molar-refractivity contribution < 1.29 is 35.8 Å². The number of nitrogen functional groups attached to an aromatic ring is 1. The van der Waals surface area contributed by atoms with Crippen molar-refractivity contribution in [1.29, 1.82) is 5.26 Å². The van der Waals surface area contributed by atoms with Gasteiger partial charge in [0, 0.05) is 23.9 Å². The van der Waals surface area contributed by atoms with Crippen LogP contribution in [-0.4, -0.2) is 71.6 Å². The van der Waals surface area contributed by atoms with Gasteiger partial charge in [0.2, 0.25) is 0 Å². The summed E-state index contributed by atoms with van der Waals surface area (Å²) in [6.45, 7) is 0.617. The SMILES string of the molecule is C[C@H]1COc2c(Cl)c(-c3ccc(F)c4sc(N)c(C#N)c34)c(F)c3nc(OC[C@@]45CCCN4C[C@H](F)C5)nc(c23)N1CC(F)(F)F. The van der Waals surface area contributed by atoms with Crippen LogP contribution in [0.4, 0.5) is 37.2 Å². The largest absolute Gasteiger partial charge is 0.489 e. The van der Waals surface area contributed by atoms with Crippen LogP contribution in [-0.2, 0) is 0 Å². The summed E-state index contributed by atoms with van der Waals surface area (Å²) in [6.07, 6.45) is -4.06. The first-order valence-corrected chi connectivity index (χ1v) is 15.6. The molecule has 4 aromatic rings. The molecule has 0 saturated carbocycles. The zero-order valence-electron chi connectivity index (χ0n) is 24.2. The third-order valence-corrected chi connectivity index (χ3v) is 10.4. The van der Waals surface area contributed by atoms with E-state index in [1.54, 1.807) is 0 Å². The molecule has 3 aliphatic heterocycles. The van der Waals surface area contributed by atoms with Crippen LogP contribution in [0.15, 0.2) is 12.1 Å². The zero-order chi connectivity index (χ0) is 32.7. The van der Waals surface area contributed by atoms with E-state index in [1.165, 1.54) is 13.0 Å². The minimum absolute atomic E-state index is 0.00521. The Morgan fingerprint density at radius 2 is 2.04 bits per heavy atom. The maximum Gasteiger partial charge on any atom is 0.405 e. The van der Waals surface area contributed by atoms with Gasteiger partial charge in [-0.15, -0.1) is 11.3 Å². The quantitative estimate of drug-likeness (QED) is 0.225. The van der Waals surface area contributed by atoms with Crippen molar-refractivity contribution in [3.63, 3.8) is 0 Å². The molecular formula is C30H25ClF6N6O2S. The minimum atomic E-state index is -4.67. The summed E-state index contributed by atoms with van der Waals surface area (Å²) >= 11 is 7.61. The number of aromatic nitrogens is 2. The number of benzene rings is 2. The summed E-state index contributed by atoms with van der Waals surface area (Å²) < 4.78 is 99.7. The normalized spacial score (nSPS) is 23.1. The van der Waals surface area contributed by atoms with Gasteiger partial charge in [0.1, 0.15) is 54.2 Å². The predicted octanol–water partition coefficient (Wildman–Crippen LogP) is 7.00. The molecule has 0 spiro atoms. The van der Waals surface area contributed by atoms with E-state index in [2.05, 4.69) is 9.97 Å². The number of rotatable bonds is 5. The van der Waals surface area contributed by atoms with E-state index in [9.17, 15) is 27.2 Å². The summed E-state index contributed by atoms with van der Waals surface area (Å²) in [7, 11) is 0. The van der Waals surface area contributed by atoms with Crippen LogP contribution < -0.4 is 20.1 Å². The Hall–Kier alpha value is -3.74. The Balaban J connectivity index is 1.47. The second-order valence-electron chi connectivity index (χ2n) is 11.9. The molecule has 2 fully saturated rings. The van der Waals surface area contributed by atoms with Gasteiger partial charge < -0.3 is 20.1 Å². The highest BCUT2D eigenvalue weighted by Gasteiger charge is 2.49. The molecule has 7 rings (SSSR count). The molecule has 0 unspecified atom stereocenters. The smallest absolute Gasteiger partial charge is 0.405 e. The Morgan fingerprint density at radius 3 is 2.78 bits per heavy atom. The molecule has 8 nitrogen and oxygen atoms in total. The molecule has 2 saturated heterocycles. The first kappa shape index (κ1) is 30.9. The van der Waals surface area contributed by atoms with Crippen molar-refractivity contribution >= 4 is 54.7 Å². The molecule has 46 heavy (non-hydrogen) atoms.